The van der Waals surface area contributed by atoms with Crippen molar-refractivity contribution in [3.05, 3.63) is 49.5 Å². The molecule has 0 radical (unpaired) electrons. The fourth-order valence-electron chi connectivity index (χ4n) is 1.94. The molecule has 2 aromatic rings. The number of anilines is 1. The number of thiophene rings is 1. The maximum atomic E-state index is 3.52. The predicted molar refractivity (Wildman–Crippen MR) is 95.8 cm³/mol. The highest BCUT2D eigenvalue weighted by Gasteiger charge is 2.03. The van der Waals surface area contributed by atoms with Gasteiger partial charge in [-0.2, -0.15) is 0 Å². The van der Waals surface area contributed by atoms with Crippen LogP contribution in [0.2, 0.25) is 0 Å². The third-order valence-electron chi connectivity index (χ3n) is 3.04. The van der Waals surface area contributed by atoms with Crippen molar-refractivity contribution in [2.45, 2.75) is 13.0 Å². The molecule has 2 rings (SSSR count). The second-order valence-corrected chi connectivity index (χ2v) is 7.93. The topological polar surface area (TPSA) is 15.3 Å². The highest BCUT2D eigenvalue weighted by Crippen LogP contribution is 2.32. The smallest absolute Gasteiger partial charge is 0.0843 e. The molecular weight excluding hydrogens is 400 g/mol. The van der Waals surface area contributed by atoms with Gasteiger partial charge in [-0.05, 0) is 63.0 Å². The van der Waals surface area contributed by atoms with E-state index >= 15 is 0 Å². The average Bonchev–Trinajstić information content (AvgIpc) is 2.78. The molecule has 1 aromatic heterocycles. The molecule has 0 bridgehead atoms. The molecule has 2 nitrogen and oxygen atoms in total. The van der Waals surface area contributed by atoms with E-state index in [0.29, 0.717) is 0 Å². The van der Waals surface area contributed by atoms with Crippen LogP contribution in [0, 0.1) is 0 Å². The van der Waals surface area contributed by atoms with Crippen LogP contribution in [0.4, 0.5) is 5.69 Å². The molecular formula is C15H18Br2N2S. The van der Waals surface area contributed by atoms with Gasteiger partial charge in [-0.3, -0.25) is 0 Å². The van der Waals surface area contributed by atoms with Crippen LogP contribution in [-0.2, 0) is 6.54 Å². The summed E-state index contributed by atoms with van der Waals surface area (Å²) >= 11 is 8.81. The molecule has 5 heteroatoms. The minimum Gasteiger partial charge on any atom is -0.375 e. The number of benzene rings is 1. The summed E-state index contributed by atoms with van der Waals surface area (Å²) in [6, 6.07) is 12.7. The molecule has 0 unspecified atom stereocenters. The second-order valence-electron chi connectivity index (χ2n) is 4.62. The number of hydrogen-bond acceptors (Lipinski definition) is 3. The highest BCUT2D eigenvalue weighted by atomic mass is 79.9. The largest absolute Gasteiger partial charge is 0.375 e. The Hall–Kier alpha value is -0.360. The zero-order valence-corrected chi connectivity index (χ0v) is 15.4. The van der Waals surface area contributed by atoms with Gasteiger partial charge in [-0.1, -0.05) is 18.2 Å². The summed E-state index contributed by atoms with van der Waals surface area (Å²) in [6.07, 6.45) is 1.14. The van der Waals surface area contributed by atoms with Crippen LogP contribution in [0.3, 0.4) is 0 Å². The minimum absolute atomic E-state index is 0.934. The molecule has 0 amide bonds. The van der Waals surface area contributed by atoms with Gasteiger partial charge in [0.1, 0.15) is 0 Å². The van der Waals surface area contributed by atoms with E-state index in [1.54, 1.807) is 11.3 Å². The lowest BCUT2D eigenvalue weighted by Gasteiger charge is -2.19. The van der Waals surface area contributed by atoms with Gasteiger partial charge >= 0.3 is 0 Å². The van der Waals surface area contributed by atoms with Crippen LogP contribution in [0.15, 0.2) is 44.7 Å². The maximum absolute atomic E-state index is 3.52. The quantitative estimate of drug-likeness (QED) is 0.645. The second kappa shape index (κ2) is 8.17. The van der Waals surface area contributed by atoms with Gasteiger partial charge in [0.25, 0.3) is 0 Å². The van der Waals surface area contributed by atoms with Crippen LogP contribution < -0.4 is 10.2 Å². The van der Waals surface area contributed by atoms with Crippen molar-refractivity contribution in [1.82, 2.24) is 5.32 Å². The molecule has 108 valence electrons. The van der Waals surface area contributed by atoms with Gasteiger partial charge in [-0.15, -0.1) is 11.3 Å². The first-order valence-electron chi connectivity index (χ1n) is 6.57. The van der Waals surface area contributed by atoms with Crippen molar-refractivity contribution in [3.63, 3.8) is 0 Å². The van der Waals surface area contributed by atoms with Gasteiger partial charge < -0.3 is 10.2 Å². The molecule has 0 spiro atoms. The van der Waals surface area contributed by atoms with Crippen LogP contribution in [0.25, 0.3) is 0 Å². The first-order chi connectivity index (χ1) is 9.66. The van der Waals surface area contributed by atoms with E-state index in [0.717, 1.165) is 34.3 Å². The lowest BCUT2D eigenvalue weighted by molar-refractivity contribution is 0.650. The Morgan fingerprint density at radius 3 is 2.60 bits per heavy atom. The fraction of sp³-hybridized carbons (Fsp3) is 0.333. The van der Waals surface area contributed by atoms with Gasteiger partial charge in [0.2, 0.25) is 0 Å². The molecule has 0 atom stereocenters. The summed E-state index contributed by atoms with van der Waals surface area (Å²) in [5, 5.41) is 3.49. The third-order valence-corrected chi connectivity index (χ3v) is 6.30. The Kier molecular flexibility index (Phi) is 6.55. The van der Waals surface area contributed by atoms with E-state index in [1.807, 2.05) is 0 Å². The number of para-hydroxylation sites is 1. The summed E-state index contributed by atoms with van der Waals surface area (Å²) < 4.78 is 2.31. The van der Waals surface area contributed by atoms with Crippen molar-refractivity contribution < 1.29 is 0 Å². The van der Waals surface area contributed by atoms with Gasteiger partial charge in [0.15, 0.2) is 0 Å². The number of nitrogens with one attached hydrogen (secondary N) is 1. The SMILES string of the molecule is CN(CCCNCc1cc(Br)c(Br)s1)c1ccccc1. The van der Waals surface area contributed by atoms with Crippen LogP contribution in [0.5, 0.6) is 0 Å². The Morgan fingerprint density at radius 2 is 1.95 bits per heavy atom. The molecule has 0 saturated carbocycles. The summed E-state index contributed by atoms with van der Waals surface area (Å²) in [5.41, 5.74) is 1.28. The standard InChI is InChI=1S/C15H18Br2N2S/c1-19(12-6-3-2-4-7-12)9-5-8-18-11-13-10-14(16)15(17)20-13/h2-4,6-7,10,18H,5,8-9,11H2,1H3. The van der Waals surface area contributed by atoms with Gasteiger partial charge in [0.05, 0.1) is 3.79 Å². The molecule has 1 N–H and O–H groups in total. The van der Waals surface area contributed by atoms with E-state index in [-0.39, 0.29) is 0 Å². The van der Waals surface area contributed by atoms with Crippen molar-refractivity contribution >= 4 is 48.9 Å². The van der Waals surface area contributed by atoms with Crippen molar-refractivity contribution in [2.24, 2.45) is 0 Å². The first-order valence-corrected chi connectivity index (χ1v) is 8.97. The predicted octanol–water partition coefficient (Wildman–Crippen LogP) is 4.89. The summed E-state index contributed by atoms with van der Waals surface area (Å²) in [6.45, 7) is 3.03. The summed E-state index contributed by atoms with van der Waals surface area (Å²) in [7, 11) is 2.14. The molecule has 20 heavy (non-hydrogen) atoms. The van der Waals surface area contributed by atoms with Crippen LogP contribution >= 0.6 is 43.2 Å². The Bertz CT molecular complexity index is 508. The molecule has 0 aliphatic carbocycles. The molecule has 0 aliphatic heterocycles. The minimum atomic E-state index is 0.934. The average molecular weight is 418 g/mol. The molecule has 1 heterocycles. The zero-order chi connectivity index (χ0) is 14.4. The number of halogens is 2. The Morgan fingerprint density at radius 1 is 1.20 bits per heavy atom. The molecule has 1 aromatic carbocycles. The monoisotopic (exact) mass is 416 g/mol. The van der Waals surface area contributed by atoms with E-state index < -0.39 is 0 Å². The van der Waals surface area contributed by atoms with Gasteiger partial charge in [-0.25, -0.2) is 0 Å². The van der Waals surface area contributed by atoms with E-state index in [2.05, 4.69) is 85.5 Å². The first kappa shape index (κ1) is 16.0. The third kappa shape index (κ3) is 4.88. The fourth-order valence-corrected chi connectivity index (χ4v) is 4.09. The Balaban J connectivity index is 1.64. The number of rotatable bonds is 7. The van der Waals surface area contributed by atoms with Crippen molar-refractivity contribution in [1.29, 1.82) is 0 Å². The summed E-state index contributed by atoms with van der Waals surface area (Å²) in [5.74, 6) is 0. The van der Waals surface area contributed by atoms with Gasteiger partial charge in [0, 0.05) is 35.2 Å². The zero-order valence-electron chi connectivity index (χ0n) is 11.4. The van der Waals surface area contributed by atoms with Crippen molar-refractivity contribution in [2.75, 3.05) is 25.0 Å². The highest BCUT2D eigenvalue weighted by molar-refractivity contribution is 9.13. The van der Waals surface area contributed by atoms with Crippen LogP contribution in [0.1, 0.15) is 11.3 Å². The van der Waals surface area contributed by atoms with E-state index in [1.165, 1.54) is 10.6 Å². The normalized spacial score (nSPS) is 10.8. The lowest BCUT2D eigenvalue weighted by atomic mass is 10.3. The molecule has 0 aliphatic rings. The molecule has 0 saturated heterocycles. The van der Waals surface area contributed by atoms with Crippen LogP contribution in [-0.4, -0.2) is 20.1 Å². The summed E-state index contributed by atoms with van der Waals surface area (Å²) in [4.78, 5) is 3.64. The number of nitrogens with zero attached hydrogens (tertiary/aromatic N) is 1. The maximum Gasteiger partial charge on any atom is 0.0843 e. The lowest BCUT2D eigenvalue weighted by Crippen LogP contribution is -2.23. The van der Waals surface area contributed by atoms with Crippen molar-refractivity contribution in [3.8, 4) is 0 Å². The van der Waals surface area contributed by atoms with E-state index in [4.69, 9.17) is 0 Å². The molecule has 0 fully saturated rings. The number of hydrogen-bond donors (Lipinski definition) is 1. The Labute approximate surface area is 141 Å². The van der Waals surface area contributed by atoms with E-state index in [9.17, 15) is 0 Å².